The number of halogens is 1. The van der Waals surface area contributed by atoms with E-state index in [2.05, 4.69) is 18.2 Å². The Morgan fingerprint density at radius 3 is 2.39 bits per heavy atom. The number of carbonyl (C=O) groups excluding carboxylic acids is 1. The van der Waals surface area contributed by atoms with E-state index in [4.69, 9.17) is 16.9 Å². The Morgan fingerprint density at radius 1 is 1.13 bits per heavy atom. The zero-order valence-electron chi connectivity index (χ0n) is 12.7. The zero-order valence-corrected chi connectivity index (χ0v) is 13.5. The number of anilines is 1. The van der Waals surface area contributed by atoms with Gasteiger partial charge in [-0.3, -0.25) is 4.79 Å². The fourth-order valence-electron chi connectivity index (χ4n) is 3.53. The standard InChI is InChI=1S/C19H17ClN2O/c20-18-12-17(9-8-15(18)13-21)22(14-23)19(10-4-5-11-19)16-6-2-1-3-7-16/h1-3,6-9,12,14H,4-5,10-11H2. The molecule has 0 aromatic heterocycles. The fraction of sp³-hybridized carbons (Fsp3) is 0.263. The summed E-state index contributed by atoms with van der Waals surface area (Å²) in [6, 6.07) is 17.4. The van der Waals surface area contributed by atoms with Gasteiger partial charge < -0.3 is 4.90 Å². The van der Waals surface area contributed by atoms with Gasteiger partial charge in [0.15, 0.2) is 0 Å². The molecular weight excluding hydrogens is 308 g/mol. The van der Waals surface area contributed by atoms with Crippen molar-refractivity contribution in [2.75, 3.05) is 4.90 Å². The average Bonchev–Trinajstić information content (AvgIpc) is 3.07. The number of nitriles is 1. The summed E-state index contributed by atoms with van der Waals surface area (Å²) in [5, 5.41) is 9.40. The van der Waals surface area contributed by atoms with E-state index >= 15 is 0 Å². The van der Waals surface area contributed by atoms with Crippen LogP contribution in [0, 0.1) is 11.3 Å². The molecule has 0 radical (unpaired) electrons. The first kappa shape index (κ1) is 15.6. The summed E-state index contributed by atoms with van der Waals surface area (Å²) in [4.78, 5) is 13.7. The first-order valence-electron chi connectivity index (χ1n) is 7.71. The van der Waals surface area contributed by atoms with Crippen LogP contribution in [0.4, 0.5) is 5.69 Å². The summed E-state index contributed by atoms with van der Waals surface area (Å²) >= 11 is 6.16. The van der Waals surface area contributed by atoms with Crippen molar-refractivity contribution in [2.24, 2.45) is 0 Å². The van der Waals surface area contributed by atoms with Crippen molar-refractivity contribution in [1.82, 2.24) is 0 Å². The van der Waals surface area contributed by atoms with Crippen LogP contribution in [0.1, 0.15) is 36.8 Å². The number of nitrogens with zero attached hydrogens (tertiary/aromatic N) is 2. The molecule has 2 aromatic rings. The molecule has 1 aliphatic rings. The van der Waals surface area contributed by atoms with Gasteiger partial charge in [-0.2, -0.15) is 5.26 Å². The molecule has 0 N–H and O–H groups in total. The number of benzene rings is 2. The fourth-order valence-corrected chi connectivity index (χ4v) is 3.75. The third kappa shape index (κ3) is 2.71. The van der Waals surface area contributed by atoms with Crippen LogP contribution in [-0.2, 0) is 10.3 Å². The molecule has 116 valence electrons. The second kappa shape index (κ2) is 6.44. The Morgan fingerprint density at radius 2 is 1.83 bits per heavy atom. The van der Waals surface area contributed by atoms with Gasteiger partial charge in [-0.1, -0.05) is 54.8 Å². The van der Waals surface area contributed by atoms with E-state index in [0.717, 1.165) is 43.3 Å². The van der Waals surface area contributed by atoms with Crippen molar-refractivity contribution in [3.8, 4) is 6.07 Å². The Balaban J connectivity index is 2.09. The van der Waals surface area contributed by atoms with E-state index in [1.807, 2.05) is 18.2 Å². The minimum absolute atomic E-state index is 0.333. The van der Waals surface area contributed by atoms with Crippen LogP contribution in [0.25, 0.3) is 0 Å². The van der Waals surface area contributed by atoms with Gasteiger partial charge in [-0.05, 0) is 36.6 Å². The van der Waals surface area contributed by atoms with Gasteiger partial charge in [-0.15, -0.1) is 0 Å². The van der Waals surface area contributed by atoms with Gasteiger partial charge >= 0.3 is 0 Å². The van der Waals surface area contributed by atoms with Gasteiger partial charge in [0.05, 0.1) is 16.1 Å². The molecule has 4 heteroatoms. The van der Waals surface area contributed by atoms with Gasteiger partial charge in [0.25, 0.3) is 0 Å². The number of hydrogen-bond donors (Lipinski definition) is 0. The van der Waals surface area contributed by atoms with Crippen molar-refractivity contribution in [3.05, 3.63) is 64.7 Å². The third-order valence-electron chi connectivity index (χ3n) is 4.66. The minimum Gasteiger partial charge on any atom is -0.305 e. The smallest absolute Gasteiger partial charge is 0.214 e. The van der Waals surface area contributed by atoms with Crippen LogP contribution in [0.15, 0.2) is 48.5 Å². The zero-order chi connectivity index (χ0) is 16.3. The van der Waals surface area contributed by atoms with Crippen molar-refractivity contribution in [2.45, 2.75) is 31.2 Å². The summed E-state index contributed by atoms with van der Waals surface area (Å²) < 4.78 is 0. The molecule has 23 heavy (non-hydrogen) atoms. The number of carbonyl (C=O) groups is 1. The highest BCUT2D eigenvalue weighted by Crippen LogP contribution is 2.45. The SMILES string of the molecule is N#Cc1ccc(N(C=O)C2(c3ccccc3)CCCC2)cc1Cl. The first-order valence-corrected chi connectivity index (χ1v) is 8.09. The van der Waals surface area contributed by atoms with E-state index in [1.165, 1.54) is 0 Å². The average molecular weight is 325 g/mol. The molecule has 0 atom stereocenters. The van der Waals surface area contributed by atoms with Crippen LogP contribution in [0.2, 0.25) is 5.02 Å². The second-order valence-electron chi connectivity index (χ2n) is 5.86. The van der Waals surface area contributed by atoms with Gasteiger partial charge in [0, 0.05) is 5.69 Å². The number of rotatable bonds is 4. The molecule has 0 heterocycles. The van der Waals surface area contributed by atoms with E-state index in [9.17, 15) is 4.79 Å². The molecule has 3 nitrogen and oxygen atoms in total. The predicted octanol–water partition coefficient (Wildman–Crippen LogP) is 4.64. The third-order valence-corrected chi connectivity index (χ3v) is 4.97. The van der Waals surface area contributed by atoms with Gasteiger partial charge in [-0.25, -0.2) is 0 Å². The normalized spacial score (nSPS) is 15.8. The molecule has 0 saturated heterocycles. The molecule has 1 fully saturated rings. The van der Waals surface area contributed by atoms with E-state index in [0.29, 0.717) is 10.6 Å². The topological polar surface area (TPSA) is 44.1 Å². The van der Waals surface area contributed by atoms with Crippen LogP contribution in [0.5, 0.6) is 0 Å². The lowest BCUT2D eigenvalue weighted by molar-refractivity contribution is -0.108. The van der Waals surface area contributed by atoms with Gasteiger partial charge in [0.2, 0.25) is 6.41 Å². The van der Waals surface area contributed by atoms with Crippen LogP contribution < -0.4 is 4.90 Å². The van der Waals surface area contributed by atoms with Crippen molar-refractivity contribution in [3.63, 3.8) is 0 Å². The lowest BCUT2D eigenvalue weighted by Gasteiger charge is -2.39. The summed E-state index contributed by atoms with van der Waals surface area (Å²) in [7, 11) is 0. The second-order valence-corrected chi connectivity index (χ2v) is 6.26. The monoisotopic (exact) mass is 324 g/mol. The van der Waals surface area contributed by atoms with Gasteiger partial charge in [0.1, 0.15) is 6.07 Å². The molecule has 3 rings (SSSR count). The van der Waals surface area contributed by atoms with E-state index < -0.39 is 0 Å². The van der Waals surface area contributed by atoms with E-state index in [1.54, 1.807) is 23.1 Å². The molecule has 1 saturated carbocycles. The van der Waals surface area contributed by atoms with Crippen LogP contribution >= 0.6 is 11.6 Å². The highest BCUT2D eigenvalue weighted by Gasteiger charge is 2.41. The largest absolute Gasteiger partial charge is 0.305 e. The molecule has 0 unspecified atom stereocenters. The highest BCUT2D eigenvalue weighted by atomic mass is 35.5. The van der Waals surface area contributed by atoms with Crippen molar-refractivity contribution >= 4 is 23.7 Å². The van der Waals surface area contributed by atoms with Crippen molar-refractivity contribution < 1.29 is 4.79 Å². The minimum atomic E-state index is -0.333. The van der Waals surface area contributed by atoms with Crippen molar-refractivity contribution in [1.29, 1.82) is 5.26 Å². The molecule has 0 aliphatic heterocycles. The number of amides is 1. The maximum Gasteiger partial charge on any atom is 0.214 e. The molecule has 2 aromatic carbocycles. The Bertz CT molecular complexity index is 746. The van der Waals surface area contributed by atoms with Crippen LogP contribution in [0.3, 0.4) is 0 Å². The Kier molecular flexibility index (Phi) is 4.36. The lowest BCUT2D eigenvalue weighted by atomic mass is 9.86. The maximum absolute atomic E-state index is 12.0. The summed E-state index contributed by atoms with van der Waals surface area (Å²) in [5.41, 5.74) is 1.96. The maximum atomic E-state index is 12.0. The Hall–Kier alpha value is -2.31. The summed E-state index contributed by atoms with van der Waals surface area (Å²) in [5.74, 6) is 0. The molecular formula is C19H17ClN2O. The molecule has 0 spiro atoms. The first-order chi connectivity index (χ1) is 11.2. The predicted molar refractivity (Wildman–Crippen MR) is 91.3 cm³/mol. The van der Waals surface area contributed by atoms with Crippen LogP contribution in [-0.4, -0.2) is 6.41 Å². The van der Waals surface area contributed by atoms with E-state index in [-0.39, 0.29) is 5.54 Å². The highest BCUT2D eigenvalue weighted by molar-refractivity contribution is 6.32. The molecule has 1 aliphatic carbocycles. The molecule has 0 bridgehead atoms. The number of hydrogen-bond acceptors (Lipinski definition) is 2. The summed E-state index contributed by atoms with van der Waals surface area (Å²) in [6.45, 7) is 0. The Labute approximate surface area is 141 Å². The lowest BCUT2D eigenvalue weighted by Crippen LogP contribution is -2.43. The molecule has 1 amide bonds. The quantitative estimate of drug-likeness (QED) is 0.769. The summed E-state index contributed by atoms with van der Waals surface area (Å²) in [6.07, 6.45) is 4.91.